The van der Waals surface area contributed by atoms with Gasteiger partial charge in [-0.05, 0) is 51.7 Å². The van der Waals surface area contributed by atoms with Gasteiger partial charge in [-0.3, -0.25) is 4.79 Å². The number of pyridine rings is 1. The van der Waals surface area contributed by atoms with Crippen molar-refractivity contribution in [3.05, 3.63) is 23.4 Å². The Labute approximate surface area is 126 Å². The molecular formula is C16H25N3O2. The van der Waals surface area contributed by atoms with E-state index in [1.807, 2.05) is 37.8 Å². The Hall–Kier alpha value is -1.62. The Morgan fingerprint density at radius 1 is 1.48 bits per heavy atom. The molecule has 5 nitrogen and oxygen atoms in total. The molecule has 1 unspecified atom stereocenters. The number of carbonyl (C=O) groups excluding carboxylic acids is 1. The molecule has 1 aliphatic heterocycles. The second-order valence-corrected chi connectivity index (χ2v) is 5.78. The van der Waals surface area contributed by atoms with Crippen molar-refractivity contribution < 1.29 is 9.90 Å². The highest BCUT2D eigenvalue weighted by atomic mass is 16.3. The van der Waals surface area contributed by atoms with Gasteiger partial charge in [0.1, 0.15) is 5.82 Å². The molecule has 2 rings (SSSR count). The van der Waals surface area contributed by atoms with Crippen LogP contribution in [-0.2, 0) is 0 Å². The number of aliphatic hydroxyl groups is 1. The average Bonchev–Trinajstić information content (AvgIpc) is 2.46. The molecule has 0 saturated carbocycles. The molecule has 1 aromatic rings. The third kappa shape index (κ3) is 3.94. The van der Waals surface area contributed by atoms with Crippen molar-refractivity contribution in [1.82, 2.24) is 9.88 Å². The lowest BCUT2D eigenvalue weighted by atomic mass is 9.92. The van der Waals surface area contributed by atoms with E-state index >= 15 is 0 Å². The molecule has 1 fully saturated rings. The minimum atomic E-state index is -0.286. The Morgan fingerprint density at radius 3 is 2.71 bits per heavy atom. The van der Waals surface area contributed by atoms with Crippen LogP contribution in [0.2, 0.25) is 0 Å². The van der Waals surface area contributed by atoms with Crippen molar-refractivity contribution in [2.75, 3.05) is 25.0 Å². The molecule has 21 heavy (non-hydrogen) atoms. The van der Waals surface area contributed by atoms with Gasteiger partial charge in [0, 0.05) is 30.9 Å². The number of hydrogen-bond donors (Lipinski definition) is 2. The zero-order chi connectivity index (χ0) is 15.4. The first-order valence-electron chi connectivity index (χ1n) is 7.71. The molecule has 1 aliphatic rings. The number of anilines is 1. The van der Waals surface area contributed by atoms with Crippen LogP contribution in [0.5, 0.6) is 0 Å². The fraction of sp³-hybridized carbons (Fsp3) is 0.625. The summed E-state index contributed by atoms with van der Waals surface area (Å²) in [5, 5.41) is 12.8. The van der Waals surface area contributed by atoms with Gasteiger partial charge in [0.2, 0.25) is 0 Å². The van der Waals surface area contributed by atoms with Gasteiger partial charge in [-0.15, -0.1) is 0 Å². The molecule has 2 heterocycles. The second kappa shape index (κ2) is 6.89. The number of likely N-dealkylation sites (tertiary alicyclic amines) is 1. The molecule has 1 atom stereocenters. The number of aromatic nitrogens is 1. The Morgan fingerprint density at radius 2 is 2.14 bits per heavy atom. The van der Waals surface area contributed by atoms with E-state index in [-0.39, 0.29) is 12.0 Å². The number of nitrogens with zero attached hydrogens (tertiary/aromatic N) is 2. The molecule has 2 N–H and O–H groups in total. The number of carbonyl (C=O) groups is 1. The molecule has 5 heteroatoms. The minimum Gasteiger partial charge on any atom is -0.393 e. The molecule has 116 valence electrons. The topological polar surface area (TPSA) is 65.5 Å². The normalized spacial score (nSPS) is 17.6. The van der Waals surface area contributed by atoms with Gasteiger partial charge in [-0.1, -0.05) is 0 Å². The highest BCUT2D eigenvalue weighted by Gasteiger charge is 2.26. The van der Waals surface area contributed by atoms with E-state index in [0.717, 1.165) is 30.9 Å². The van der Waals surface area contributed by atoms with E-state index in [1.165, 1.54) is 0 Å². The first-order chi connectivity index (χ1) is 10.0. The van der Waals surface area contributed by atoms with Crippen LogP contribution in [0, 0.1) is 12.8 Å². The standard InChI is InChI=1S/C16H25N3O2/c1-4-17-15-10-14(9-11(2)18-15)16(21)19-7-5-13(6-8-19)12(3)20/h9-10,12-13,20H,4-8H2,1-3H3,(H,17,18). The van der Waals surface area contributed by atoms with E-state index in [4.69, 9.17) is 0 Å². The largest absolute Gasteiger partial charge is 0.393 e. The molecule has 0 spiro atoms. The van der Waals surface area contributed by atoms with E-state index in [1.54, 1.807) is 0 Å². The van der Waals surface area contributed by atoms with Crippen molar-refractivity contribution >= 4 is 11.7 Å². The first kappa shape index (κ1) is 15.8. The zero-order valence-corrected chi connectivity index (χ0v) is 13.1. The van der Waals surface area contributed by atoms with Crippen LogP contribution in [-0.4, -0.2) is 46.6 Å². The second-order valence-electron chi connectivity index (χ2n) is 5.78. The summed E-state index contributed by atoms with van der Waals surface area (Å²) in [4.78, 5) is 18.8. The van der Waals surface area contributed by atoms with E-state index in [0.29, 0.717) is 24.6 Å². The number of amides is 1. The minimum absolute atomic E-state index is 0.0590. The predicted molar refractivity (Wildman–Crippen MR) is 83.4 cm³/mol. The molecular weight excluding hydrogens is 266 g/mol. The number of piperidine rings is 1. The Bertz CT molecular complexity index is 494. The lowest BCUT2D eigenvalue weighted by molar-refractivity contribution is 0.0521. The van der Waals surface area contributed by atoms with Gasteiger partial charge < -0.3 is 15.3 Å². The number of aliphatic hydroxyl groups excluding tert-OH is 1. The van der Waals surface area contributed by atoms with Crippen molar-refractivity contribution in [2.24, 2.45) is 5.92 Å². The lowest BCUT2D eigenvalue weighted by Gasteiger charge is -2.33. The summed E-state index contributed by atoms with van der Waals surface area (Å²) < 4.78 is 0. The summed E-state index contributed by atoms with van der Waals surface area (Å²) in [5.41, 5.74) is 1.53. The molecule has 1 aromatic heterocycles. The average molecular weight is 291 g/mol. The summed E-state index contributed by atoms with van der Waals surface area (Å²) >= 11 is 0. The fourth-order valence-electron chi connectivity index (χ4n) is 2.83. The number of rotatable bonds is 4. The smallest absolute Gasteiger partial charge is 0.254 e. The van der Waals surface area contributed by atoms with Crippen LogP contribution in [0.4, 0.5) is 5.82 Å². The summed E-state index contributed by atoms with van der Waals surface area (Å²) in [6, 6.07) is 3.66. The number of aryl methyl sites for hydroxylation is 1. The fourth-order valence-corrected chi connectivity index (χ4v) is 2.83. The predicted octanol–water partition coefficient (Wildman–Crippen LogP) is 2.05. The number of nitrogens with one attached hydrogen (secondary N) is 1. The highest BCUT2D eigenvalue weighted by Crippen LogP contribution is 2.22. The molecule has 0 aliphatic carbocycles. The van der Waals surface area contributed by atoms with Gasteiger partial charge in [0.25, 0.3) is 5.91 Å². The van der Waals surface area contributed by atoms with Gasteiger partial charge >= 0.3 is 0 Å². The summed E-state index contributed by atoms with van der Waals surface area (Å²) in [6.45, 7) is 7.95. The van der Waals surface area contributed by atoms with Crippen LogP contribution in [0.3, 0.4) is 0 Å². The number of hydrogen-bond acceptors (Lipinski definition) is 4. The van der Waals surface area contributed by atoms with Gasteiger partial charge in [-0.2, -0.15) is 0 Å². The molecule has 0 radical (unpaired) electrons. The van der Waals surface area contributed by atoms with Crippen LogP contribution in [0.15, 0.2) is 12.1 Å². The molecule has 0 aromatic carbocycles. The van der Waals surface area contributed by atoms with Crippen LogP contribution >= 0.6 is 0 Å². The van der Waals surface area contributed by atoms with Crippen molar-refractivity contribution in [1.29, 1.82) is 0 Å². The summed E-state index contributed by atoms with van der Waals surface area (Å²) in [7, 11) is 0. The zero-order valence-electron chi connectivity index (χ0n) is 13.1. The van der Waals surface area contributed by atoms with Gasteiger partial charge in [-0.25, -0.2) is 4.98 Å². The third-order valence-electron chi connectivity index (χ3n) is 4.07. The Kier molecular flexibility index (Phi) is 5.17. The van der Waals surface area contributed by atoms with Crippen LogP contribution in [0.25, 0.3) is 0 Å². The maximum Gasteiger partial charge on any atom is 0.254 e. The van der Waals surface area contributed by atoms with E-state index in [9.17, 15) is 9.90 Å². The molecule has 1 amide bonds. The maximum absolute atomic E-state index is 12.6. The van der Waals surface area contributed by atoms with E-state index in [2.05, 4.69) is 10.3 Å². The Balaban J connectivity index is 2.07. The first-order valence-corrected chi connectivity index (χ1v) is 7.71. The van der Waals surface area contributed by atoms with Crippen molar-refractivity contribution in [2.45, 2.75) is 39.7 Å². The van der Waals surface area contributed by atoms with E-state index < -0.39 is 0 Å². The van der Waals surface area contributed by atoms with Gasteiger partial charge in [0.05, 0.1) is 6.10 Å². The van der Waals surface area contributed by atoms with Crippen molar-refractivity contribution in [3.8, 4) is 0 Å². The molecule has 0 bridgehead atoms. The van der Waals surface area contributed by atoms with Crippen LogP contribution in [0.1, 0.15) is 42.7 Å². The third-order valence-corrected chi connectivity index (χ3v) is 4.07. The summed E-state index contributed by atoms with van der Waals surface area (Å²) in [5.74, 6) is 1.12. The SMILES string of the molecule is CCNc1cc(C(=O)N2CCC(C(C)O)CC2)cc(C)n1. The van der Waals surface area contributed by atoms with Crippen LogP contribution < -0.4 is 5.32 Å². The van der Waals surface area contributed by atoms with Gasteiger partial charge in [0.15, 0.2) is 0 Å². The maximum atomic E-state index is 12.6. The molecule has 1 saturated heterocycles. The lowest BCUT2D eigenvalue weighted by Crippen LogP contribution is -2.40. The van der Waals surface area contributed by atoms with Crippen molar-refractivity contribution in [3.63, 3.8) is 0 Å². The monoisotopic (exact) mass is 291 g/mol. The quantitative estimate of drug-likeness (QED) is 0.891. The summed E-state index contributed by atoms with van der Waals surface area (Å²) in [6.07, 6.45) is 1.45. The highest BCUT2D eigenvalue weighted by molar-refractivity contribution is 5.95.